The van der Waals surface area contributed by atoms with Gasteiger partial charge in [-0.2, -0.15) is 0 Å². The summed E-state index contributed by atoms with van der Waals surface area (Å²) in [6.07, 6.45) is 0.317. The molecule has 0 bridgehead atoms. The van der Waals surface area contributed by atoms with Gasteiger partial charge < -0.3 is 25.6 Å². The summed E-state index contributed by atoms with van der Waals surface area (Å²) in [5.41, 5.74) is 6.75. The SMILES string of the molecule is COc1cc(NC(N)=S)cc(CCC(=O)O)c1OC. The van der Waals surface area contributed by atoms with Crippen LogP contribution < -0.4 is 20.5 Å². The van der Waals surface area contributed by atoms with E-state index >= 15 is 0 Å². The molecule has 0 aromatic heterocycles. The number of carboxylic acids is 1. The number of thiocarbonyl (C=S) groups is 1. The molecule has 104 valence electrons. The zero-order valence-electron chi connectivity index (χ0n) is 10.7. The minimum atomic E-state index is -0.881. The van der Waals surface area contributed by atoms with Crippen LogP contribution in [-0.2, 0) is 11.2 Å². The Kier molecular flexibility index (Phi) is 5.37. The van der Waals surface area contributed by atoms with Crippen LogP contribution in [0.3, 0.4) is 0 Å². The van der Waals surface area contributed by atoms with Crippen LogP contribution >= 0.6 is 12.2 Å². The fourth-order valence-electron chi connectivity index (χ4n) is 1.68. The minimum Gasteiger partial charge on any atom is -0.493 e. The number of anilines is 1. The molecule has 1 aromatic rings. The molecule has 6 nitrogen and oxygen atoms in total. The molecule has 0 unspecified atom stereocenters. The Bertz CT molecular complexity index is 491. The molecule has 0 fully saturated rings. The normalized spacial score (nSPS) is 9.79. The van der Waals surface area contributed by atoms with Crippen molar-refractivity contribution in [1.82, 2.24) is 0 Å². The number of benzene rings is 1. The van der Waals surface area contributed by atoms with Gasteiger partial charge in [-0.15, -0.1) is 0 Å². The molecule has 0 amide bonds. The third-order valence-electron chi connectivity index (χ3n) is 2.43. The van der Waals surface area contributed by atoms with E-state index in [4.69, 9.17) is 32.5 Å². The van der Waals surface area contributed by atoms with E-state index in [1.807, 2.05) is 0 Å². The van der Waals surface area contributed by atoms with Gasteiger partial charge in [-0.05, 0) is 24.7 Å². The van der Waals surface area contributed by atoms with Crippen molar-refractivity contribution in [2.24, 2.45) is 5.73 Å². The molecule has 0 radical (unpaired) electrons. The van der Waals surface area contributed by atoms with Crippen LogP contribution in [0.4, 0.5) is 5.69 Å². The first kappa shape index (κ1) is 15.0. The average molecular weight is 284 g/mol. The molecule has 0 aliphatic rings. The van der Waals surface area contributed by atoms with E-state index in [1.165, 1.54) is 14.2 Å². The zero-order chi connectivity index (χ0) is 14.4. The van der Waals surface area contributed by atoms with Crippen LogP contribution in [0.2, 0.25) is 0 Å². The van der Waals surface area contributed by atoms with Gasteiger partial charge in [0.1, 0.15) is 0 Å². The lowest BCUT2D eigenvalue weighted by Crippen LogP contribution is -2.19. The predicted octanol–water partition coefficient (Wildman–Crippen LogP) is 1.38. The number of methoxy groups -OCH3 is 2. The molecule has 19 heavy (non-hydrogen) atoms. The Morgan fingerprint density at radius 1 is 1.42 bits per heavy atom. The number of hydrogen-bond donors (Lipinski definition) is 3. The van der Waals surface area contributed by atoms with Gasteiger partial charge in [0, 0.05) is 23.7 Å². The van der Waals surface area contributed by atoms with Crippen LogP contribution in [0.5, 0.6) is 11.5 Å². The number of hydrogen-bond acceptors (Lipinski definition) is 4. The van der Waals surface area contributed by atoms with Crippen molar-refractivity contribution < 1.29 is 19.4 Å². The lowest BCUT2D eigenvalue weighted by molar-refractivity contribution is -0.136. The van der Waals surface area contributed by atoms with Crippen LogP contribution in [0.15, 0.2) is 12.1 Å². The fraction of sp³-hybridized carbons (Fsp3) is 0.333. The maximum absolute atomic E-state index is 10.7. The smallest absolute Gasteiger partial charge is 0.303 e. The summed E-state index contributed by atoms with van der Waals surface area (Å²) in [7, 11) is 3.01. The Morgan fingerprint density at radius 3 is 2.58 bits per heavy atom. The maximum Gasteiger partial charge on any atom is 0.303 e. The highest BCUT2D eigenvalue weighted by Gasteiger charge is 2.13. The van der Waals surface area contributed by atoms with Crippen LogP contribution in [-0.4, -0.2) is 30.4 Å². The quantitative estimate of drug-likeness (QED) is 0.679. The molecule has 0 aliphatic heterocycles. The highest BCUT2D eigenvalue weighted by Crippen LogP contribution is 2.35. The molecule has 1 aromatic carbocycles. The van der Waals surface area contributed by atoms with E-state index in [-0.39, 0.29) is 11.5 Å². The van der Waals surface area contributed by atoms with Gasteiger partial charge in [-0.1, -0.05) is 0 Å². The Morgan fingerprint density at radius 2 is 2.11 bits per heavy atom. The van der Waals surface area contributed by atoms with Crippen molar-refractivity contribution in [3.8, 4) is 11.5 Å². The number of ether oxygens (including phenoxy) is 2. The fourth-order valence-corrected chi connectivity index (χ4v) is 1.80. The minimum absolute atomic E-state index is 0.00393. The highest BCUT2D eigenvalue weighted by atomic mass is 32.1. The van der Waals surface area contributed by atoms with Gasteiger partial charge in [0.2, 0.25) is 0 Å². The molecular formula is C12H16N2O4S. The Hall–Kier alpha value is -2.02. The first-order valence-corrected chi connectivity index (χ1v) is 5.92. The van der Waals surface area contributed by atoms with Gasteiger partial charge >= 0.3 is 5.97 Å². The lowest BCUT2D eigenvalue weighted by Gasteiger charge is -2.15. The molecule has 7 heteroatoms. The Labute approximate surface area is 116 Å². The predicted molar refractivity (Wildman–Crippen MR) is 75.9 cm³/mol. The van der Waals surface area contributed by atoms with Crippen molar-refractivity contribution in [2.45, 2.75) is 12.8 Å². The van der Waals surface area contributed by atoms with E-state index in [0.717, 1.165) is 0 Å². The van der Waals surface area contributed by atoms with Crippen LogP contribution in [0.25, 0.3) is 0 Å². The summed E-state index contributed by atoms with van der Waals surface area (Å²) < 4.78 is 10.5. The number of carboxylic acid groups (broad SMARTS) is 1. The van der Waals surface area contributed by atoms with Gasteiger partial charge in [0.05, 0.1) is 14.2 Å². The van der Waals surface area contributed by atoms with E-state index in [9.17, 15) is 4.79 Å². The van der Waals surface area contributed by atoms with E-state index in [2.05, 4.69) is 5.32 Å². The Balaban J connectivity index is 3.14. The third kappa shape index (κ3) is 4.29. The van der Waals surface area contributed by atoms with Crippen molar-refractivity contribution in [1.29, 1.82) is 0 Å². The summed E-state index contributed by atoms with van der Waals surface area (Å²) in [6, 6.07) is 3.42. The number of carbonyl (C=O) groups is 1. The zero-order valence-corrected chi connectivity index (χ0v) is 11.5. The molecule has 0 heterocycles. The standard InChI is InChI=1S/C12H16N2O4S/c1-17-9-6-8(14-12(13)19)5-7(11(9)18-2)3-4-10(15)16/h5-6H,3-4H2,1-2H3,(H,15,16)(H3,13,14,19). The van der Waals surface area contributed by atoms with Gasteiger partial charge in [0.25, 0.3) is 0 Å². The van der Waals surface area contributed by atoms with Gasteiger partial charge in [0.15, 0.2) is 16.6 Å². The average Bonchev–Trinajstić information content (AvgIpc) is 2.34. The largest absolute Gasteiger partial charge is 0.493 e. The first-order valence-electron chi connectivity index (χ1n) is 5.51. The topological polar surface area (TPSA) is 93.8 Å². The van der Waals surface area contributed by atoms with Crippen molar-refractivity contribution in [2.75, 3.05) is 19.5 Å². The van der Waals surface area contributed by atoms with E-state index < -0.39 is 5.97 Å². The molecular weight excluding hydrogens is 268 g/mol. The van der Waals surface area contributed by atoms with Crippen LogP contribution in [0.1, 0.15) is 12.0 Å². The number of nitrogens with two attached hydrogens (primary N) is 1. The third-order valence-corrected chi connectivity index (χ3v) is 2.53. The van der Waals surface area contributed by atoms with Crippen molar-refractivity contribution >= 4 is 29.0 Å². The molecule has 1 rings (SSSR count). The molecule has 0 aliphatic carbocycles. The summed E-state index contributed by atoms with van der Waals surface area (Å²) in [6.45, 7) is 0. The van der Waals surface area contributed by atoms with Crippen LogP contribution in [0, 0.1) is 0 Å². The lowest BCUT2D eigenvalue weighted by atomic mass is 10.1. The summed E-state index contributed by atoms with van der Waals surface area (Å²) >= 11 is 4.77. The molecule has 0 atom stereocenters. The van der Waals surface area contributed by atoms with Gasteiger partial charge in [-0.25, -0.2) is 0 Å². The maximum atomic E-state index is 10.7. The second-order valence-corrected chi connectivity index (χ2v) is 4.19. The van der Waals surface area contributed by atoms with E-state index in [1.54, 1.807) is 12.1 Å². The molecule has 0 saturated heterocycles. The number of rotatable bonds is 6. The number of aliphatic carboxylic acids is 1. The summed E-state index contributed by atoms with van der Waals surface area (Å²) in [5.74, 6) is 0.120. The van der Waals surface area contributed by atoms with Crippen molar-refractivity contribution in [3.63, 3.8) is 0 Å². The number of aryl methyl sites for hydroxylation is 1. The second-order valence-electron chi connectivity index (χ2n) is 3.75. The number of nitrogens with one attached hydrogen (secondary N) is 1. The molecule has 4 N–H and O–H groups in total. The molecule has 0 spiro atoms. The van der Waals surface area contributed by atoms with Gasteiger partial charge in [-0.3, -0.25) is 4.79 Å². The monoisotopic (exact) mass is 284 g/mol. The molecule has 0 saturated carbocycles. The van der Waals surface area contributed by atoms with E-state index in [0.29, 0.717) is 29.2 Å². The van der Waals surface area contributed by atoms with Crippen molar-refractivity contribution in [3.05, 3.63) is 17.7 Å². The summed E-state index contributed by atoms with van der Waals surface area (Å²) in [5, 5.41) is 11.7. The highest BCUT2D eigenvalue weighted by molar-refractivity contribution is 7.80. The first-order chi connectivity index (χ1) is 8.97. The second kappa shape index (κ2) is 6.79. The summed E-state index contributed by atoms with van der Waals surface area (Å²) in [4.78, 5) is 10.7.